The van der Waals surface area contributed by atoms with Crippen LogP contribution in [0.4, 0.5) is 13.2 Å². The molecule has 0 aromatic carbocycles. The molecule has 0 radical (unpaired) electrons. The van der Waals surface area contributed by atoms with Gasteiger partial charge in [-0.15, -0.1) is 0 Å². The molecule has 0 bridgehead atoms. The average Bonchev–Trinajstić information content (AvgIpc) is 2.26. The Morgan fingerprint density at radius 1 is 1.20 bits per heavy atom. The summed E-state index contributed by atoms with van der Waals surface area (Å²) in [4.78, 5) is 1.85. The first kappa shape index (κ1) is 17.7. The molecule has 0 aromatic rings. The first-order valence-electron chi connectivity index (χ1n) is 7.20. The van der Waals surface area contributed by atoms with Crippen molar-refractivity contribution in [2.24, 2.45) is 5.92 Å². The zero-order chi connectivity index (χ0) is 15.6. The molecule has 0 saturated heterocycles. The first-order chi connectivity index (χ1) is 9.04. The van der Waals surface area contributed by atoms with E-state index in [1.807, 2.05) is 25.7 Å². The Bertz CT molecular complexity index is 302. The van der Waals surface area contributed by atoms with Gasteiger partial charge in [0.05, 0.1) is 12.5 Å². The minimum absolute atomic E-state index is 0.0325. The van der Waals surface area contributed by atoms with Gasteiger partial charge in [0.1, 0.15) is 0 Å². The lowest BCUT2D eigenvalue weighted by Crippen LogP contribution is -2.58. The second kappa shape index (κ2) is 6.62. The number of aliphatic hydroxyl groups is 1. The molecule has 1 rings (SSSR count). The van der Waals surface area contributed by atoms with Crippen molar-refractivity contribution in [1.82, 2.24) is 10.2 Å². The summed E-state index contributed by atoms with van der Waals surface area (Å²) in [6, 6.07) is -0.160. The van der Waals surface area contributed by atoms with Gasteiger partial charge >= 0.3 is 6.18 Å². The van der Waals surface area contributed by atoms with E-state index >= 15 is 0 Å². The summed E-state index contributed by atoms with van der Waals surface area (Å²) < 4.78 is 38.8. The molecule has 0 amide bonds. The van der Waals surface area contributed by atoms with Gasteiger partial charge in [0, 0.05) is 24.2 Å². The maximum absolute atomic E-state index is 12.9. The number of likely N-dealkylation sites (N-methyl/N-ethyl adjacent to an activating group) is 1. The van der Waals surface area contributed by atoms with E-state index in [9.17, 15) is 13.2 Å². The Hall–Kier alpha value is -0.330. The Labute approximate surface area is 119 Å². The van der Waals surface area contributed by atoms with Crippen molar-refractivity contribution in [3.8, 4) is 0 Å². The molecule has 120 valence electrons. The highest BCUT2D eigenvalue weighted by Gasteiger charge is 2.46. The molecule has 20 heavy (non-hydrogen) atoms. The second-order valence-electron chi connectivity index (χ2n) is 6.82. The van der Waals surface area contributed by atoms with Crippen LogP contribution >= 0.6 is 0 Å². The number of nitrogens with zero attached hydrogens (tertiary/aromatic N) is 1. The van der Waals surface area contributed by atoms with E-state index in [4.69, 9.17) is 5.11 Å². The largest absolute Gasteiger partial charge is 0.395 e. The standard InChI is InChI=1S/C14H27F3N2O/c1-13(2,3)18-11-6-5-10(14(15,16)17)9-12(11)19(4)7-8-20/h10-12,18,20H,5-9H2,1-4H3/t10-,11-,12-/m0/s1. The van der Waals surface area contributed by atoms with Crippen LogP contribution in [0.3, 0.4) is 0 Å². The molecule has 0 spiro atoms. The van der Waals surface area contributed by atoms with Gasteiger partial charge in [0.2, 0.25) is 0 Å². The Balaban J connectivity index is 2.80. The lowest BCUT2D eigenvalue weighted by molar-refractivity contribution is -0.188. The van der Waals surface area contributed by atoms with Crippen molar-refractivity contribution in [2.75, 3.05) is 20.2 Å². The van der Waals surface area contributed by atoms with Gasteiger partial charge in [0.25, 0.3) is 0 Å². The van der Waals surface area contributed by atoms with E-state index in [0.717, 1.165) is 0 Å². The summed E-state index contributed by atoms with van der Waals surface area (Å²) in [5, 5.41) is 12.5. The monoisotopic (exact) mass is 296 g/mol. The van der Waals surface area contributed by atoms with Gasteiger partial charge in [-0.1, -0.05) is 0 Å². The molecule has 0 aromatic heterocycles. The second-order valence-corrected chi connectivity index (χ2v) is 6.82. The quantitative estimate of drug-likeness (QED) is 0.836. The van der Waals surface area contributed by atoms with E-state index in [2.05, 4.69) is 5.32 Å². The lowest BCUT2D eigenvalue weighted by atomic mass is 9.80. The highest BCUT2D eigenvalue weighted by Crippen LogP contribution is 2.39. The third-order valence-electron chi connectivity index (χ3n) is 3.92. The molecule has 1 fully saturated rings. The van der Waals surface area contributed by atoms with Gasteiger partial charge in [0.15, 0.2) is 0 Å². The lowest BCUT2D eigenvalue weighted by Gasteiger charge is -2.44. The third kappa shape index (κ3) is 5.22. The SMILES string of the molecule is CN(CCO)[C@H]1C[C@@H](C(F)(F)F)CC[C@@H]1NC(C)(C)C. The van der Waals surface area contributed by atoms with Gasteiger partial charge in [-0.25, -0.2) is 0 Å². The molecule has 3 atom stereocenters. The van der Waals surface area contributed by atoms with Gasteiger partial charge in [-0.05, 0) is 47.1 Å². The van der Waals surface area contributed by atoms with Crippen LogP contribution in [-0.4, -0.2) is 54.0 Å². The van der Waals surface area contributed by atoms with Crippen LogP contribution in [0.15, 0.2) is 0 Å². The van der Waals surface area contributed by atoms with Crippen LogP contribution in [0.5, 0.6) is 0 Å². The Morgan fingerprint density at radius 2 is 1.80 bits per heavy atom. The molecule has 3 nitrogen and oxygen atoms in total. The van der Waals surface area contributed by atoms with Crippen LogP contribution in [0.2, 0.25) is 0 Å². The molecule has 1 aliphatic carbocycles. The fraction of sp³-hybridized carbons (Fsp3) is 1.00. The van der Waals surface area contributed by atoms with Crippen LogP contribution < -0.4 is 5.32 Å². The summed E-state index contributed by atoms with van der Waals surface area (Å²) in [7, 11) is 1.79. The Kier molecular flexibility index (Phi) is 5.87. The molecule has 0 aliphatic heterocycles. The summed E-state index contributed by atoms with van der Waals surface area (Å²) in [5.74, 6) is -1.23. The zero-order valence-corrected chi connectivity index (χ0v) is 12.8. The minimum atomic E-state index is -4.12. The normalized spacial score (nSPS) is 28.9. The molecule has 2 N–H and O–H groups in total. The van der Waals surface area contributed by atoms with Gasteiger partial charge in [-0.2, -0.15) is 13.2 Å². The van der Waals surface area contributed by atoms with Crippen molar-refractivity contribution in [1.29, 1.82) is 0 Å². The highest BCUT2D eigenvalue weighted by atomic mass is 19.4. The number of nitrogens with one attached hydrogen (secondary N) is 1. The summed E-state index contributed by atoms with van der Waals surface area (Å²) in [6.45, 7) is 6.42. The average molecular weight is 296 g/mol. The minimum Gasteiger partial charge on any atom is -0.395 e. The van der Waals surface area contributed by atoms with Crippen LogP contribution in [0.1, 0.15) is 40.0 Å². The molecular formula is C14H27F3N2O. The molecule has 1 saturated carbocycles. The topological polar surface area (TPSA) is 35.5 Å². The van der Waals surface area contributed by atoms with Crippen molar-refractivity contribution in [3.63, 3.8) is 0 Å². The summed E-state index contributed by atoms with van der Waals surface area (Å²) >= 11 is 0. The number of hydrogen-bond donors (Lipinski definition) is 2. The predicted octanol–water partition coefficient (Wildman–Crippen LogP) is 2.40. The number of aliphatic hydroxyl groups excluding tert-OH is 1. The van der Waals surface area contributed by atoms with E-state index in [-0.39, 0.29) is 37.1 Å². The maximum atomic E-state index is 12.9. The Morgan fingerprint density at radius 3 is 2.25 bits per heavy atom. The van der Waals surface area contributed by atoms with Gasteiger partial charge in [-0.3, -0.25) is 4.90 Å². The van der Waals surface area contributed by atoms with Crippen molar-refractivity contribution in [2.45, 2.75) is 63.8 Å². The number of hydrogen-bond acceptors (Lipinski definition) is 3. The van der Waals surface area contributed by atoms with Crippen LogP contribution in [-0.2, 0) is 0 Å². The molecule has 6 heteroatoms. The summed E-state index contributed by atoms with van der Waals surface area (Å²) in [6.07, 6.45) is -3.32. The molecule has 1 aliphatic rings. The third-order valence-corrected chi connectivity index (χ3v) is 3.92. The molecule has 0 unspecified atom stereocenters. The van der Waals surface area contributed by atoms with Crippen molar-refractivity contribution >= 4 is 0 Å². The maximum Gasteiger partial charge on any atom is 0.391 e. The number of alkyl halides is 3. The first-order valence-corrected chi connectivity index (χ1v) is 7.20. The van der Waals surface area contributed by atoms with Crippen molar-refractivity contribution < 1.29 is 18.3 Å². The number of halogens is 3. The fourth-order valence-corrected chi connectivity index (χ4v) is 2.98. The molecular weight excluding hydrogens is 269 g/mol. The highest BCUT2D eigenvalue weighted by molar-refractivity contribution is 4.94. The van der Waals surface area contributed by atoms with E-state index < -0.39 is 12.1 Å². The fourth-order valence-electron chi connectivity index (χ4n) is 2.98. The smallest absolute Gasteiger partial charge is 0.391 e. The predicted molar refractivity (Wildman–Crippen MR) is 73.6 cm³/mol. The molecule has 0 heterocycles. The van der Waals surface area contributed by atoms with E-state index in [1.54, 1.807) is 7.05 Å². The van der Waals surface area contributed by atoms with Crippen LogP contribution in [0.25, 0.3) is 0 Å². The van der Waals surface area contributed by atoms with E-state index in [0.29, 0.717) is 13.0 Å². The zero-order valence-electron chi connectivity index (χ0n) is 12.8. The van der Waals surface area contributed by atoms with Crippen LogP contribution in [0, 0.1) is 5.92 Å². The van der Waals surface area contributed by atoms with E-state index in [1.165, 1.54) is 0 Å². The summed E-state index contributed by atoms with van der Waals surface area (Å²) in [5.41, 5.74) is -0.131. The van der Waals surface area contributed by atoms with Crippen molar-refractivity contribution in [3.05, 3.63) is 0 Å². The number of rotatable bonds is 4. The van der Waals surface area contributed by atoms with Gasteiger partial charge < -0.3 is 10.4 Å².